The van der Waals surface area contributed by atoms with Gasteiger partial charge in [-0.2, -0.15) is 0 Å². The van der Waals surface area contributed by atoms with Crippen molar-refractivity contribution in [2.75, 3.05) is 33.3 Å². The lowest BCUT2D eigenvalue weighted by atomic mass is 9.93. The van der Waals surface area contributed by atoms with Gasteiger partial charge in [-0.15, -0.1) is 24.0 Å². The van der Waals surface area contributed by atoms with Gasteiger partial charge in [0, 0.05) is 45.5 Å². The maximum Gasteiger partial charge on any atom is 0.305 e. The molecule has 0 saturated carbocycles. The van der Waals surface area contributed by atoms with Gasteiger partial charge in [0.25, 0.3) is 0 Å². The number of nitrogens with zero attached hydrogens (tertiary/aromatic N) is 4. The number of guanidine groups is 1. The smallest absolute Gasteiger partial charge is 0.305 e. The summed E-state index contributed by atoms with van der Waals surface area (Å²) in [7, 11) is 1.80. The Balaban J connectivity index is 0.00000312. The van der Waals surface area contributed by atoms with Crippen molar-refractivity contribution in [3.8, 4) is 0 Å². The number of hydrogen-bond donors (Lipinski definition) is 1. The number of esters is 1. The van der Waals surface area contributed by atoms with E-state index in [1.54, 1.807) is 7.05 Å². The number of carbonyl (C=O) groups excluding carboxylic acids is 1. The number of aliphatic imine (C=N–C) groups is 1. The van der Waals surface area contributed by atoms with Gasteiger partial charge in [0.15, 0.2) is 5.96 Å². The molecule has 2 unspecified atom stereocenters. The van der Waals surface area contributed by atoms with Crippen LogP contribution < -0.4 is 5.32 Å². The molecule has 2 atom stereocenters. The van der Waals surface area contributed by atoms with E-state index in [1.807, 2.05) is 25.6 Å². The molecule has 142 valence electrons. The van der Waals surface area contributed by atoms with Crippen LogP contribution in [0.15, 0.2) is 23.7 Å². The van der Waals surface area contributed by atoms with Gasteiger partial charge in [-0.05, 0) is 25.7 Å². The van der Waals surface area contributed by atoms with Crippen LogP contribution in [-0.2, 0) is 9.53 Å². The zero-order chi connectivity index (χ0) is 17.4. The van der Waals surface area contributed by atoms with Gasteiger partial charge in [-0.1, -0.05) is 6.92 Å². The highest BCUT2D eigenvalue weighted by atomic mass is 127. The predicted octanol–water partition coefficient (Wildman–Crippen LogP) is 2.30. The van der Waals surface area contributed by atoms with Crippen molar-refractivity contribution in [3.05, 3.63) is 18.7 Å². The Morgan fingerprint density at radius 1 is 1.48 bits per heavy atom. The fraction of sp³-hybridized carbons (Fsp3) is 0.706. The summed E-state index contributed by atoms with van der Waals surface area (Å²) in [5.41, 5.74) is 0. The topological polar surface area (TPSA) is 71.8 Å². The standard InChI is InChI=1S/C17H29N5O2.HI/c1-4-24-16(23)6-5-8-20-17(18-3)21-10-7-14(2)15(12-21)22-11-9-19-13-22;/h9,11,13-15H,4-8,10,12H2,1-3H3,(H,18,20);1H. The van der Waals surface area contributed by atoms with Crippen molar-refractivity contribution >= 4 is 35.9 Å². The molecule has 2 heterocycles. The monoisotopic (exact) mass is 463 g/mol. The molecule has 0 aromatic carbocycles. The number of imidazole rings is 1. The Bertz CT molecular complexity index is 535. The van der Waals surface area contributed by atoms with Gasteiger partial charge in [0.05, 0.1) is 19.0 Å². The molecule has 0 amide bonds. The maximum atomic E-state index is 11.4. The maximum absolute atomic E-state index is 11.4. The van der Waals surface area contributed by atoms with Crippen molar-refractivity contribution in [2.24, 2.45) is 10.9 Å². The molecule has 7 nitrogen and oxygen atoms in total. The SMILES string of the molecule is CCOC(=O)CCCNC(=NC)N1CCC(C)C(n2ccnc2)C1.I. The number of aromatic nitrogens is 2. The number of halogens is 1. The molecule has 25 heavy (non-hydrogen) atoms. The van der Waals surface area contributed by atoms with Gasteiger partial charge in [0.1, 0.15) is 0 Å². The Labute approximate surface area is 167 Å². The minimum Gasteiger partial charge on any atom is -0.466 e. The second kappa shape index (κ2) is 11.3. The highest BCUT2D eigenvalue weighted by molar-refractivity contribution is 14.0. The fourth-order valence-corrected chi connectivity index (χ4v) is 3.09. The van der Waals surface area contributed by atoms with Gasteiger partial charge in [0.2, 0.25) is 0 Å². The minimum atomic E-state index is -0.138. The molecule has 1 aliphatic heterocycles. The van der Waals surface area contributed by atoms with E-state index in [2.05, 4.69) is 31.7 Å². The summed E-state index contributed by atoms with van der Waals surface area (Å²) in [6.45, 7) is 7.17. The summed E-state index contributed by atoms with van der Waals surface area (Å²) >= 11 is 0. The first-order chi connectivity index (χ1) is 11.7. The minimum absolute atomic E-state index is 0. The second-order valence-corrected chi connectivity index (χ2v) is 6.17. The van der Waals surface area contributed by atoms with Crippen molar-refractivity contribution in [2.45, 2.75) is 39.2 Å². The molecule has 0 bridgehead atoms. The third kappa shape index (κ3) is 6.48. The van der Waals surface area contributed by atoms with Crippen molar-refractivity contribution in [1.82, 2.24) is 19.8 Å². The Morgan fingerprint density at radius 2 is 2.28 bits per heavy atom. The summed E-state index contributed by atoms with van der Waals surface area (Å²) in [6, 6.07) is 0.402. The lowest BCUT2D eigenvalue weighted by Crippen LogP contribution is -2.49. The van der Waals surface area contributed by atoms with Crippen LogP contribution in [0.1, 0.15) is 39.2 Å². The molecule has 1 fully saturated rings. The second-order valence-electron chi connectivity index (χ2n) is 6.17. The van der Waals surface area contributed by atoms with E-state index < -0.39 is 0 Å². The van der Waals surface area contributed by atoms with Crippen molar-refractivity contribution in [3.63, 3.8) is 0 Å². The molecular weight excluding hydrogens is 433 g/mol. The van der Waals surface area contributed by atoms with Crippen LogP contribution >= 0.6 is 24.0 Å². The summed E-state index contributed by atoms with van der Waals surface area (Å²) < 4.78 is 7.13. The van der Waals surface area contributed by atoms with Gasteiger partial charge in [-0.25, -0.2) is 4.98 Å². The third-order valence-corrected chi connectivity index (χ3v) is 4.48. The van der Waals surface area contributed by atoms with Crippen LogP contribution in [0.5, 0.6) is 0 Å². The molecule has 1 aromatic heterocycles. The van der Waals surface area contributed by atoms with Crippen molar-refractivity contribution in [1.29, 1.82) is 0 Å². The van der Waals surface area contributed by atoms with Crippen LogP contribution in [-0.4, -0.2) is 59.7 Å². The zero-order valence-corrected chi connectivity index (χ0v) is 17.7. The Hall–Kier alpha value is -1.32. The number of rotatable bonds is 6. The highest BCUT2D eigenvalue weighted by Crippen LogP contribution is 2.27. The summed E-state index contributed by atoms with van der Waals surface area (Å²) in [5.74, 6) is 1.37. The highest BCUT2D eigenvalue weighted by Gasteiger charge is 2.28. The predicted molar refractivity (Wildman–Crippen MR) is 109 cm³/mol. The van der Waals surface area contributed by atoms with E-state index >= 15 is 0 Å². The number of carbonyl (C=O) groups is 1. The molecule has 8 heteroatoms. The average molecular weight is 463 g/mol. The molecule has 1 saturated heterocycles. The number of hydrogen-bond acceptors (Lipinski definition) is 4. The molecule has 1 aromatic rings. The summed E-state index contributed by atoms with van der Waals surface area (Å²) in [4.78, 5) is 22.2. The summed E-state index contributed by atoms with van der Waals surface area (Å²) in [5, 5.41) is 3.36. The molecule has 0 spiro atoms. The fourth-order valence-electron chi connectivity index (χ4n) is 3.09. The largest absolute Gasteiger partial charge is 0.466 e. The van der Waals surface area contributed by atoms with E-state index in [1.165, 1.54) is 0 Å². The quantitative estimate of drug-likeness (QED) is 0.231. The van der Waals surface area contributed by atoms with E-state index in [0.717, 1.165) is 31.9 Å². The van der Waals surface area contributed by atoms with Crippen LogP contribution in [0.2, 0.25) is 0 Å². The Morgan fingerprint density at radius 3 is 2.92 bits per heavy atom. The Kier molecular flexibility index (Phi) is 9.84. The zero-order valence-electron chi connectivity index (χ0n) is 15.4. The molecule has 2 rings (SSSR count). The lowest BCUT2D eigenvalue weighted by molar-refractivity contribution is -0.143. The number of ether oxygens (including phenoxy) is 1. The first-order valence-corrected chi connectivity index (χ1v) is 8.74. The number of likely N-dealkylation sites (tertiary alicyclic amines) is 1. The van der Waals surface area contributed by atoms with E-state index in [0.29, 0.717) is 31.5 Å². The van der Waals surface area contributed by atoms with Crippen LogP contribution in [0.3, 0.4) is 0 Å². The van der Waals surface area contributed by atoms with Crippen LogP contribution in [0, 0.1) is 5.92 Å². The third-order valence-electron chi connectivity index (χ3n) is 4.48. The lowest BCUT2D eigenvalue weighted by Gasteiger charge is -2.39. The van der Waals surface area contributed by atoms with Gasteiger partial charge >= 0.3 is 5.97 Å². The molecular formula is C17H30IN5O2. The van der Waals surface area contributed by atoms with Gasteiger partial charge in [-0.3, -0.25) is 9.79 Å². The summed E-state index contributed by atoms with van der Waals surface area (Å²) in [6.07, 6.45) is 8.04. The molecule has 1 N–H and O–H groups in total. The molecule has 0 aliphatic carbocycles. The first-order valence-electron chi connectivity index (χ1n) is 8.74. The average Bonchev–Trinajstić information content (AvgIpc) is 3.10. The van der Waals surface area contributed by atoms with E-state index in [-0.39, 0.29) is 29.9 Å². The van der Waals surface area contributed by atoms with Crippen LogP contribution in [0.25, 0.3) is 0 Å². The van der Waals surface area contributed by atoms with Gasteiger partial charge < -0.3 is 19.5 Å². The van der Waals surface area contributed by atoms with E-state index in [4.69, 9.17) is 4.74 Å². The number of piperidine rings is 1. The van der Waals surface area contributed by atoms with Crippen molar-refractivity contribution < 1.29 is 9.53 Å². The van der Waals surface area contributed by atoms with E-state index in [9.17, 15) is 4.79 Å². The van der Waals surface area contributed by atoms with Crippen LogP contribution in [0.4, 0.5) is 0 Å². The number of nitrogens with one attached hydrogen (secondary N) is 1. The first kappa shape index (κ1) is 21.7. The molecule has 1 aliphatic rings. The molecule has 0 radical (unpaired) electrons. The normalized spacial score (nSPS) is 20.8.